The summed E-state index contributed by atoms with van der Waals surface area (Å²) in [4.78, 5) is 30.0. The summed E-state index contributed by atoms with van der Waals surface area (Å²) in [6.45, 7) is 2.15. The number of aryl methyl sites for hydroxylation is 1. The number of furan rings is 1. The van der Waals surface area contributed by atoms with E-state index >= 15 is 0 Å². The largest absolute Gasteiger partial charge is 0.464 e. The molecule has 0 spiro atoms. The number of amides is 1. The topological polar surface area (TPSA) is 91.1 Å². The Kier molecular flexibility index (Phi) is 4.37. The summed E-state index contributed by atoms with van der Waals surface area (Å²) in [5, 5.41) is 2.37. The third-order valence-electron chi connectivity index (χ3n) is 4.34. The SMILES string of the molecule is Cc1cccc(-c2nc3scc(-c4ccco4)c3c(=O)n2CCC(N)=O)c1. The Morgan fingerprint density at radius 3 is 2.85 bits per heavy atom. The summed E-state index contributed by atoms with van der Waals surface area (Å²) in [6.07, 6.45) is 1.63. The van der Waals surface area contributed by atoms with Crippen LogP contribution in [0.25, 0.3) is 32.9 Å². The maximum atomic E-state index is 13.3. The zero-order valence-corrected chi connectivity index (χ0v) is 15.5. The van der Waals surface area contributed by atoms with Crippen LogP contribution in [0.1, 0.15) is 12.0 Å². The molecular formula is C20H17N3O3S. The number of benzene rings is 1. The van der Waals surface area contributed by atoms with E-state index in [1.54, 1.807) is 12.3 Å². The fourth-order valence-corrected chi connectivity index (χ4v) is 3.99. The molecule has 1 amide bonds. The van der Waals surface area contributed by atoms with E-state index in [0.717, 1.165) is 11.1 Å². The van der Waals surface area contributed by atoms with Crippen LogP contribution in [0.5, 0.6) is 0 Å². The number of hydrogen-bond acceptors (Lipinski definition) is 5. The highest BCUT2D eigenvalue weighted by Crippen LogP contribution is 2.32. The number of hydrogen-bond donors (Lipinski definition) is 1. The molecule has 0 aliphatic carbocycles. The fourth-order valence-electron chi connectivity index (χ4n) is 3.07. The quantitative estimate of drug-likeness (QED) is 0.574. The molecule has 0 saturated heterocycles. The Labute approximate surface area is 158 Å². The zero-order chi connectivity index (χ0) is 19.0. The molecule has 136 valence electrons. The minimum Gasteiger partial charge on any atom is -0.464 e. The normalized spacial score (nSPS) is 11.1. The van der Waals surface area contributed by atoms with Gasteiger partial charge in [-0.2, -0.15) is 0 Å². The van der Waals surface area contributed by atoms with E-state index in [1.807, 2.05) is 42.6 Å². The van der Waals surface area contributed by atoms with Gasteiger partial charge >= 0.3 is 0 Å². The molecule has 2 N–H and O–H groups in total. The number of nitrogens with zero attached hydrogens (tertiary/aromatic N) is 2. The van der Waals surface area contributed by atoms with E-state index in [2.05, 4.69) is 0 Å². The lowest BCUT2D eigenvalue weighted by atomic mass is 10.1. The number of rotatable bonds is 5. The smallest absolute Gasteiger partial charge is 0.263 e. The van der Waals surface area contributed by atoms with Gasteiger partial charge < -0.3 is 10.2 Å². The Balaban J connectivity index is 1.98. The Morgan fingerprint density at radius 1 is 1.30 bits per heavy atom. The highest BCUT2D eigenvalue weighted by atomic mass is 32.1. The number of carbonyl (C=O) groups is 1. The summed E-state index contributed by atoms with van der Waals surface area (Å²) in [6, 6.07) is 11.4. The average Bonchev–Trinajstić information content (AvgIpc) is 3.30. The van der Waals surface area contributed by atoms with Crippen LogP contribution in [0.3, 0.4) is 0 Å². The predicted octanol–water partition coefficient (Wildman–Crippen LogP) is 3.57. The second-order valence-corrected chi connectivity index (χ2v) is 7.14. The van der Waals surface area contributed by atoms with Crippen LogP contribution in [0, 0.1) is 6.92 Å². The van der Waals surface area contributed by atoms with Gasteiger partial charge in [0.15, 0.2) is 0 Å². The van der Waals surface area contributed by atoms with Crippen molar-refractivity contribution < 1.29 is 9.21 Å². The predicted molar refractivity (Wildman–Crippen MR) is 106 cm³/mol. The van der Waals surface area contributed by atoms with Crippen molar-refractivity contribution in [3.05, 3.63) is 64.0 Å². The summed E-state index contributed by atoms with van der Waals surface area (Å²) in [5.74, 6) is 0.684. The lowest BCUT2D eigenvalue weighted by molar-refractivity contribution is -0.118. The molecular weight excluding hydrogens is 362 g/mol. The second kappa shape index (κ2) is 6.85. The van der Waals surface area contributed by atoms with E-state index < -0.39 is 5.91 Å². The molecule has 0 aliphatic rings. The first-order valence-corrected chi connectivity index (χ1v) is 9.34. The third-order valence-corrected chi connectivity index (χ3v) is 5.21. The van der Waals surface area contributed by atoms with Crippen LogP contribution in [0.2, 0.25) is 0 Å². The lowest BCUT2D eigenvalue weighted by Gasteiger charge is -2.12. The van der Waals surface area contributed by atoms with Gasteiger partial charge in [-0.1, -0.05) is 23.8 Å². The van der Waals surface area contributed by atoms with E-state index in [9.17, 15) is 9.59 Å². The highest BCUT2D eigenvalue weighted by Gasteiger charge is 2.19. The van der Waals surface area contributed by atoms with E-state index in [1.165, 1.54) is 15.9 Å². The van der Waals surface area contributed by atoms with Crippen molar-refractivity contribution in [1.29, 1.82) is 0 Å². The molecule has 0 fully saturated rings. The maximum Gasteiger partial charge on any atom is 0.263 e. The number of primary amides is 1. The van der Waals surface area contributed by atoms with Crippen LogP contribution in [0.4, 0.5) is 0 Å². The van der Waals surface area contributed by atoms with Crippen molar-refractivity contribution in [2.45, 2.75) is 19.9 Å². The van der Waals surface area contributed by atoms with Gasteiger partial charge in [-0.3, -0.25) is 14.2 Å². The van der Waals surface area contributed by atoms with Gasteiger partial charge in [-0.25, -0.2) is 4.98 Å². The van der Waals surface area contributed by atoms with Crippen LogP contribution in [-0.4, -0.2) is 15.5 Å². The van der Waals surface area contributed by atoms with Gasteiger partial charge in [-0.05, 0) is 25.1 Å². The minimum absolute atomic E-state index is 0.0616. The van der Waals surface area contributed by atoms with E-state index in [4.69, 9.17) is 15.1 Å². The molecule has 3 aromatic heterocycles. The van der Waals surface area contributed by atoms with Crippen molar-refractivity contribution in [3.8, 4) is 22.7 Å². The fraction of sp³-hybridized carbons (Fsp3) is 0.150. The summed E-state index contributed by atoms with van der Waals surface area (Å²) in [5.41, 5.74) is 7.71. The van der Waals surface area contributed by atoms with Gasteiger partial charge in [-0.15, -0.1) is 11.3 Å². The number of carbonyl (C=O) groups excluding carboxylic acids is 1. The van der Waals surface area contributed by atoms with Crippen molar-refractivity contribution in [2.24, 2.45) is 5.73 Å². The first-order valence-electron chi connectivity index (χ1n) is 8.46. The molecule has 0 atom stereocenters. The van der Waals surface area contributed by atoms with E-state index in [0.29, 0.717) is 27.4 Å². The van der Waals surface area contributed by atoms with Gasteiger partial charge in [0, 0.05) is 29.5 Å². The second-order valence-electron chi connectivity index (χ2n) is 6.28. The Hall–Kier alpha value is -3.19. The molecule has 6 nitrogen and oxygen atoms in total. The Bertz CT molecular complexity index is 1190. The van der Waals surface area contributed by atoms with Gasteiger partial charge in [0.1, 0.15) is 16.4 Å². The first-order chi connectivity index (χ1) is 13.0. The van der Waals surface area contributed by atoms with Crippen LogP contribution < -0.4 is 11.3 Å². The number of thiophene rings is 1. The molecule has 7 heteroatoms. The molecule has 0 bridgehead atoms. The minimum atomic E-state index is -0.464. The monoisotopic (exact) mass is 379 g/mol. The molecule has 0 aliphatic heterocycles. The van der Waals surface area contributed by atoms with Crippen molar-refractivity contribution >= 4 is 27.5 Å². The van der Waals surface area contributed by atoms with Gasteiger partial charge in [0.2, 0.25) is 5.91 Å². The molecule has 4 rings (SSSR count). The van der Waals surface area contributed by atoms with Crippen LogP contribution >= 0.6 is 11.3 Å². The molecule has 0 saturated carbocycles. The molecule has 3 heterocycles. The Morgan fingerprint density at radius 2 is 2.15 bits per heavy atom. The maximum absolute atomic E-state index is 13.3. The van der Waals surface area contributed by atoms with Gasteiger partial charge in [0.05, 0.1) is 11.6 Å². The van der Waals surface area contributed by atoms with Gasteiger partial charge in [0.25, 0.3) is 5.56 Å². The first kappa shape index (κ1) is 17.2. The summed E-state index contributed by atoms with van der Waals surface area (Å²) >= 11 is 1.40. The van der Waals surface area contributed by atoms with Crippen molar-refractivity contribution in [3.63, 3.8) is 0 Å². The summed E-state index contributed by atoms with van der Waals surface area (Å²) < 4.78 is 7.00. The lowest BCUT2D eigenvalue weighted by Crippen LogP contribution is -2.26. The van der Waals surface area contributed by atoms with E-state index in [-0.39, 0.29) is 18.5 Å². The molecule has 4 aromatic rings. The van der Waals surface area contributed by atoms with Crippen molar-refractivity contribution in [1.82, 2.24) is 9.55 Å². The summed E-state index contributed by atoms with van der Waals surface area (Å²) in [7, 11) is 0. The third kappa shape index (κ3) is 3.17. The van der Waals surface area contributed by atoms with Crippen LogP contribution in [0.15, 0.2) is 57.3 Å². The molecule has 1 aromatic carbocycles. The molecule has 0 radical (unpaired) electrons. The number of nitrogens with two attached hydrogens (primary N) is 1. The average molecular weight is 379 g/mol. The van der Waals surface area contributed by atoms with Crippen LogP contribution in [-0.2, 0) is 11.3 Å². The molecule has 27 heavy (non-hydrogen) atoms. The number of aromatic nitrogens is 2. The highest BCUT2D eigenvalue weighted by molar-refractivity contribution is 7.17. The zero-order valence-electron chi connectivity index (χ0n) is 14.6. The standard InChI is InChI=1S/C20H17N3O3S/c1-12-4-2-5-13(10-12)18-22-19-17(20(25)23(18)8-7-16(21)24)14(11-27-19)15-6-3-9-26-15/h2-6,9-11H,7-8H2,1H3,(H2,21,24). The molecule has 0 unspecified atom stereocenters. The number of fused-ring (bicyclic) bond motifs is 1. The van der Waals surface area contributed by atoms with Crippen molar-refractivity contribution in [2.75, 3.05) is 0 Å².